The minimum absolute atomic E-state index is 0.684. The van der Waals surface area contributed by atoms with E-state index >= 15 is 0 Å². The number of fused-ring (bicyclic) bond motifs is 7. The second-order valence-electron chi connectivity index (χ2n) is 9.43. The Kier molecular flexibility index (Phi) is 4.49. The summed E-state index contributed by atoms with van der Waals surface area (Å²) in [6.45, 7) is 0. The predicted molar refractivity (Wildman–Crippen MR) is 155 cm³/mol. The molecule has 0 aliphatic carbocycles. The van der Waals surface area contributed by atoms with E-state index in [-0.39, 0.29) is 0 Å². The van der Waals surface area contributed by atoms with Crippen molar-refractivity contribution in [1.82, 2.24) is 14.5 Å². The molecule has 0 unspecified atom stereocenters. The van der Waals surface area contributed by atoms with Crippen molar-refractivity contribution >= 4 is 43.9 Å². The van der Waals surface area contributed by atoms with Gasteiger partial charge in [0.25, 0.3) is 0 Å². The zero-order chi connectivity index (χ0) is 25.1. The number of benzene rings is 5. The Labute approximate surface area is 218 Å². The molecule has 0 aliphatic heterocycles. The van der Waals surface area contributed by atoms with Gasteiger partial charge < -0.3 is 8.98 Å². The van der Waals surface area contributed by atoms with Crippen LogP contribution in [0.2, 0.25) is 0 Å². The number of rotatable bonds is 3. The second kappa shape index (κ2) is 8.15. The maximum absolute atomic E-state index is 6.57. The molecular formula is C34H21N3O. The summed E-state index contributed by atoms with van der Waals surface area (Å²) in [6.07, 6.45) is 0. The van der Waals surface area contributed by atoms with Crippen LogP contribution in [0.4, 0.5) is 0 Å². The van der Waals surface area contributed by atoms with Crippen molar-refractivity contribution < 1.29 is 4.42 Å². The van der Waals surface area contributed by atoms with Crippen LogP contribution in [-0.4, -0.2) is 14.5 Å². The van der Waals surface area contributed by atoms with Crippen molar-refractivity contribution in [2.45, 2.75) is 0 Å². The molecule has 0 saturated carbocycles. The topological polar surface area (TPSA) is 43.9 Å². The summed E-state index contributed by atoms with van der Waals surface area (Å²) < 4.78 is 8.89. The Morgan fingerprint density at radius 1 is 0.526 bits per heavy atom. The van der Waals surface area contributed by atoms with Crippen LogP contribution in [0.5, 0.6) is 0 Å². The monoisotopic (exact) mass is 487 g/mol. The van der Waals surface area contributed by atoms with Gasteiger partial charge in [0.2, 0.25) is 0 Å². The summed E-state index contributed by atoms with van der Waals surface area (Å²) in [5, 5.41) is 3.32. The van der Waals surface area contributed by atoms with Gasteiger partial charge in [-0.15, -0.1) is 0 Å². The van der Waals surface area contributed by atoms with Gasteiger partial charge >= 0.3 is 0 Å². The highest BCUT2D eigenvalue weighted by Crippen LogP contribution is 2.42. The van der Waals surface area contributed by atoms with Crippen LogP contribution < -0.4 is 0 Å². The Balaban J connectivity index is 1.57. The Morgan fingerprint density at radius 2 is 1.18 bits per heavy atom. The van der Waals surface area contributed by atoms with E-state index in [0.717, 1.165) is 55.4 Å². The van der Waals surface area contributed by atoms with Crippen molar-refractivity contribution in [3.05, 3.63) is 127 Å². The summed E-state index contributed by atoms with van der Waals surface area (Å²) in [5.41, 5.74) is 8.49. The Bertz CT molecular complexity index is 2110. The molecule has 3 heterocycles. The number of hydrogen-bond donors (Lipinski definition) is 0. The molecule has 0 aliphatic rings. The molecule has 38 heavy (non-hydrogen) atoms. The van der Waals surface area contributed by atoms with Gasteiger partial charge in [0.15, 0.2) is 11.4 Å². The zero-order valence-electron chi connectivity index (χ0n) is 20.4. The lowest BCUT2D eigenvalue weighted by atomic mass is 10.1. The number of hydrogen-bond acceptors (Lipinski definition) is 3. The fourth-order valence-electron chi connectivity index (χ4n) is 5.55. The van der Waals surface area contributed by atoms with E-state index in [1.165, 1.54) is 5.39 Å². The Morgan fingerprint density at radius 3 is 1.95 bits per heavy atom. The molecule has 0 spiro atoms. The third-order valence-corrected chi connectivity index (χ3v) is 7.21. The molecule has 178 valence electrons. The summed E-state index contributed by atoms with van der Waals surface area (Å²) in [4.78, 5) is 10.2. The van der Waals surface area contributed by atoms with Gasteiger partial charge in [0.05, 0.1) is 16.4 Å². The van der Waals surface area contributed by atoms with Crippen molar-refractivity contribution in [2.75, 3.05) is 0 Å². The van der Waals surface area contributed by atoms with E-state index in [0.29, 0.717) is 11.4 Å². The molecule has 0 radical (unpaired) electrons. The molecule has 5 aromatic carbocycles. The molecule has 0 bridgehead atoms. The SMILES string of the molecule is c1ccc(-c2nc(-c3ccccc3)c3oc4ccc5c(c6ccccc6n5-c5ccccc5)c4c3n2)cc1. The number of furan rings is 1. The largest absolute Gasteiger partial charge is 0.452 e. The predicted octanol–water partition coefficient (Wildman–Crippen LogP) is 8.81. The van der Waals surface area contributed by atoms with Gasteiger partial charge in [0.1, 0.15) is 16.8 Å². The lowest BCUT2D eigenvalue weighted by Crippen LogP contribution is -1.94. The Hall–Kier alpha value is -5.22. The molecule has 8 aromatic rings. The van der Waals surface area contributed by atoms with Gasteiger partial charge in [-0.05, 0) is 30.3 Å². The highest BCUT2D eigenvalue weighted by molar-refractivity contribution is 6.27. The van der Waals surface area contributed by atoms with Gasteiger partial charge in [-0.1, -0.05) is 97.1 Å². The maximum atomic E-state index is 6.57. The van der Waals surface area contributed by atoms with Crippen molar-refractivity contribution in [3.8, 4) is 28.3 Å². The molecule has 0 amide bonds. The van der Waals surface area contributed by atoms with Crippen molar-refractivity contribution in [2.24, 2.45) is 0 Å². The van der Waals surface area contributed by atoms with E-state index in [2.05, 4.69) is 89.5 Å². The van der Waals surface area contributed by atoms with E-state index in [1.807, 2.05) is 42.5 Å². The van der Waals surface area contributed by atoms with Crippen molar-refractivity contribution in [3.63, 3.8) is 0 Å². The van der Waals surface area contributed by atoms with Gasteiger partial charge in [-0.2, -0.15) is 0 Å². The van der Waals surface area contributed by atoms with Crippen LogP contribution in [0.1, 0.15) is 0 Å². The van der Waals surface area contributed by atoms with Crippen LogP contribution in [-0.2, 0) is 0 Å². The third-order valence-electron chi connectivity index (χ3n) is 7.21. The number of nitrogens with zero attached hydrogens (tertiary/aromatic N) is 3. The summed E-state index contributed by atoms with van der Waals surface area (Å²) in [7, 11) is 0. The molecule has 0 saturated heterocycles. The first-order chi connectivity index (χ1) is 18.9. The summed E-state index contributed by atoms with van der Waals surface area (Å²) in [6, 6.07) is 43.6. The molecule has 0 N–H and O–H groups in total. The van der Waals surface area contributed by atoms with E-state index in [1.54, 1.807) is 0 Å². The van der Waals surface area contributed by atoms with Crippen LogP contribution in [0, 0.1) is 0 Å². The smallest absolute Gasteiger partial charge is 0.180 e. The lowest BCUT2D eigenvalue weighted by molar-refractivity contribution is 0.667. The van der Waals surface area contributed by atoms with E-state index in [4.69, 9.17) is 14.4 Å². The van der Waals surface area contributed by atoms with Gasteiger partial charge in [0, 0.05) is 27.6 Å². The van der Waals surface area contributed by atoms with Crippen LogP contribution in [0.15, 0.2) is 132 Å². The summed E-state index contributed by atoms with van der Waals surface area (Å²) >= 11 is 0. The molecule has 0 fully saturated rings. The van der Waals surface area contributed by atoms with E-state index < -0.39 is 0 Å². The molecule has 8 rings (SSSR count). The number of aromatic nitrogens is 3. The first-order valence-corrected chi connectivity index (χ1v) is 12.7. The second-order valence-corrected chi connectivity index (χ2v) is 9.43. The zero-order valence-corrected chi connectivity index (χ0v) is 20.4. The van der Waals surface area contributed by atoms with Gasteiger partial charge in [-0.25, -0.2) is 9.97 Å². The minimum atomic E-state index is 0.684. The average molecular weight is 488 g/mol. The molecule has 4 nitrogen and oxygen atoms in total. The standard InChI is InChI=1S/C34H21N3O/c1-4-12-22(13-5-1)31-33-32(36-34(35-31)23-14-6-2-7-15-23)30-28(38-33)21-20-27-29(30)25-18-10-11-19-26(25)37(27)24-16-8-3-9-17-24/h1-21H. The fourth-order valence-corrected chi connectivity index (χ4v) is 5.55. The van der Waals surface area contributed by atoms with Crippen LogP contribution in [0.3, 0.4) is 0 Å². The highest BCUT2D eigenvalue weighted by Gasteiger charge is 2.22. The molecule has 4 heteroatoms. The summed E-state index contributed by atoms with van der Waals surface area (Å²) in [5.74, 6) is 0.684. The fraction of sp³-hybridized carbons (Fsp3) is 0. The first-order valence-electron chi connectivity index (χ1n) is 12.7. The maximum Gasteiger partial charge on any atom is 0.180 e. The quantitative estimate of drug-likeness (QED) is 0.250. The first kappa shape index (κ1) is 20.9. The lowest BCUT2D eigenvalue weighted by Gasteiger charge is -2.07. The third kappa shape index (κ3) is 3.04. The van der Waals surface area contributed by atoms with Gasteiger partial charge in [-0.3, -0.25) is 0 Å². The van der Waals surface area contributed by atoms with E-state index in [9.17, 15) is 0 Å². The molecule has 0 atom stereocenters. The van der Waals surface area contributed by atoms with Crippen LogP contribution >= 0.6 is 0 Å². The van der Waals surface area contributed by atoms with Crippen LogP contribution in [0.25, 0.3) is 72.2 Å². The highest BCUT2D eigenvalue weighted by atomic mass is 16.3. The molecular weight excluding hydrogens is 466 g/mol. The van der Waals surface area contributed by atoms with Crippen molar-refractivity contribution in [1.29, 1.82) is 0 Å². The number of para-hydroxylation sites is 2. The minimum Gasteiger partial charge on any atom is -0.452 e. The normalized spacial score (nSPS) is 11.7. The average Bonchev–Trinajstić information content (AvgIpc) is 3.53. The molecule has 3 aromatic heterocycles.